The van der Waals surface area contributed by atoms with E-state index in [1.54, 1.807) is 9.47 Å². The number of nitrogens with two attached hydrogens (primary N) is 2. The third-order valence-corrected chi connectivity index (χ3v) is 8.08. The Morgan fingerprint density at radius 2 is 1.93 bits per heavy atom. The number of hydrogen-bond acceptors (Lipinski definition) is 11. The fraction of sp³-hybridized carbons (Fsp3) is 0.414. The summed E-state index contributed by atoms with van der Waals surface area (Å²) in [5, 5.41) is 10.2. The molecule has 1 aromatic carbocycles. The fourth-order valence-electron chi connectivity index (χ4n) is 5.48. The number of nitrogens with zero attached hydrogens (tertiary/aromatic N) is 6. The van der Waals surface area contributed by atoms with Crippen molar-refractivity contribution in [1.82, 2.24) is 24.5 Å². The second kappa shape index (κ2) is 12.1. The number of fused-ring (bicyclic) bond motifs is 1. The van der Waals surface area contributed by atoms with Crippen LogP contribution in [-0.4, -0.2) is 73.5 Å². The number of alkyl halides is 2. The Kier molecular flexibility index (Phi) is 8.18. The molecule has 1 aliphatic carbocycles. The summed E-state index contributed by atoms with van der Waals surface area (Å²) < 4.78 is 69.1. The summed E-state index contributed by atoms with van der Waals surface area (Å²) in [6.07, 6.45) is 1.15. The average Bonchev–Trinajstić information content (AvgIpc) is 3.79. The molecular formula is C29H30F4N8O4. The highest BCUT2D eigenvalue weighted by Gasteiger charge is 2.43. The lowest BCUT2D eigenvalue weighted by molar-refractivity contribution is -0.151. The average molecular weight is 631 g/mol. The first-order chi connectivity index (χ1) is 21.5. The summed E-state index contributed by atoms with van der Waals surface area (Å²) in [6.45, 7) is -0.148. The molecule has 5 N–H and O–H groups in total. The summed E-state index contributed by atoms with van der Waals surface area (Å²) in [6, 6.07) is 3.30. The van der Waals surface area contributed by atoms with E-state index in [0.717, 1.165) is 25.0 Å². The van der Waals surface area contributed by atoms with Gasteiger partial charge in [0.05, 0.1) is 41.9 Å². The highest BCUT2D eigenvalue weighted by molar-refractivity contribution is 5.81. The lowest BCUT2D eigenvalue weighted by atomic mass is 9.84. The smallest absolute Gasteiger partial charge is 0.311 e. The number of aliphatic hydroxyl groups excluding tert-OH is 1. The van der Waals surface area contributed by atoms with Crippen LogP contribution >= 0.6 is 0 Å². The fourth-order valence-corrected chi connectivity index (χ4v) is 5.48. The molecule has 12 nitrogen and oxygen atoms in total. The summed E-state index contributed by atoms with van der Waals surface area (Å²) in [4.78, 5) is 30.3. The van der Waals surface area contributed by atoms with E-state index in [4.69, 9.17) is 20.9 Å². The van der Waals surface area contributed by atoms with Gasteiger partial charge < -0.3 is 35.5 Å². The van der Waals surface area contributed by atoms with Crippen LogP contribution < -0.4 is 21.1 Å². The topological polar surface area (TPSA) is 168 Å². The number of esters is 1. The molecule has 16 heteroatoms. The molecule has 0 amide bonds. The largest absolute Gasteiger partial charge is 0.454 e. The number of imidazole rings is 1. The van der Waals surface area contributed by atoms with Gasteiger partial charge in [-0.2, -0.15) is 0 Å². The second-order valence-corrected chi connectivity index (χ2v) is 11.3. The molecule has 0 spiro atoms. The number of pyridine rings is 1. The molecule has 6 rings (SSSR count). The number of aromatic nitrogens is 5. The molecule has 2 fully saturated rings. The van der Waals surface area contributed by atoms with Crippen molar-refractivity contribution in [2.45, 2.75) is 50.3 Å². The molecule has 1 saturated heterocycles. The molecular weight excluding hydrogens is 600 g/mol. The van der Waals surface area contributed by atoms with Gasteiger partial charge >= 0.3 is 5.97 Å². The van der Waals surface area contributed by atoms with E-state index in [2.05, 4.69) is 19.9 Å². The van der Waals surface area contributed by atoms with Crippen molar-refractivity contribution in [3.8, 4) is 17.0 Å². The van der Waals surface area contributed by atoms with E-state index in [1.165, 1.54) is 24.9 Å². The van der Waals surface area contributed by atoms with Gasteiger partial charge in [0, 0.05) is 24.7 Å². The number of benzene rings is 1. The number of rotatable bonds is 10. The first-order valence-electron chi connectivity index (χ1n) is 14.2. The van der Waals surface area contributed by atoms with Crippen molar-refractivity contribution < 1.29 is 36.9 Å². The quantitative estimate of drug-likeness (QED) is 0.134. The monoisotopic (exact) mass is 630 g/mol. The first-order valence-corrected chi connectivity index (χ1v) is 14.2. The van der Waals surface area contributed by atoms with Crippen LogP contribution in [0.15, 0.2) is 37.1 Å². The number of halogens is 4. The highest BCUT2D eigenvalue weighted by atomic mass is 19.3. The second-order valence-electron chi connectivity index (χ2n) is 11.3. The van der Waals surface area contributed by atoms with Crippen molar-refractivity contribution in [1.29, 1.82) is 0 Å². The van der Waals surface area contributed by atoms with Crippen LogP contribution in [-0.2, 0) is 16.1 Å². The molecule has 4 heterocycles. The van der Waals surface area contributed by atoms with Crippen molar-refractivity contribution in [2.75, 3.05) is 30.5 Å². The first kappa shape index (κ1) is 30.5. The predicted molar refractivity (Wildman–Crippen MR) is 153 cm³/mol. The lowest BCUT2D eigenvalue weighted by Crippen LogP contribution is -2.63. The molecule has 238 valence electrons. The van der Waals surface area contributed by atoms with E-state index in [9.17, 15) is 18.7 Å². The number of hydrogen-bond donors (Lipinski definition) is 3. The lowest BCUT2D eigenvalue weighted by Gasteiger charge is -2.44. The third-order valence-electron chi connectivity index (χ3n) is 8.08. The number of piperidine rings is 1. The zero-order valence-corrected chi connectivity index (χ0v) is 23.9. The summed E-state index contributed by atoms with van der Waals surface area (Å²) in [5.41, 5.74) is 12.3. The van der Waals surface area contributed by atoms with E-state index >= 15 is 8.78 Å². The number of carbonyl (C=O) groups is 1. The Hall–Kier alpha value is -4.57. The molecule has 1 saturated carbocycles. The van der Waals surface area contributed by atoms with Gasteiger partial charge in [-0.3, -0.25) is 9.78 Å². The van der Waals surface area contributed by atoms with Crippen molar-refractivity contribution in [2.24, 2.45) is 11.7 Å². The van der Waals surface area contributed by atoms with Crippen LogP contribution in [0.5, 0.6) is 5.75 Å². The summed E-state index contributed by atoms with van der Waals surface area (Å²) >= 11 is 0. The third kappa shape index (κ3) is 6.20. The number of ether oxygens (including phenoxy) is 2. The van der Waals surface area contributed by atoms with Gasteiger partial charge in [-0.05, 0) is 43.4 Å². The molecule has 3 aromatic heterocycles. The summed E-state index contributed by atoms with van der Waals surface area (Å²) in [7, 11) is 0. The molecule has 45 heavy (non-hydrogen) atoms. The minimum atomic E-state index is -3.03. The van der Waals surface area contributed by atoms with Gasteiger partial charge in [0.25, 0.3) is 6.43 Å². The number of nitrogen functional groups attached to an aromatic ring is 1. The molecule has 0 bridgehead atoms. The van der Waals surface area contributed by atoms with Crippen LogP contribution in [0, 0.1) is 17.6 Å². The van der Waals surface area contributed by atoms with Crippen LogP contribution in [0.1, 0.15) is 31.2 Å². The normalized spacial score (nSPS) is 19.2. The molecule has 0 radical (unpaired) electrons. The molecule has 2 aliphatic rings. The molecule has 4 aromatic rings. The maximum Gasteiger partial charge on any atom is 0.311 e. The predicted octanol–water partition coefficient (Wildman–Crippen LogP) is 3.01. The minimum Gasteiger partial charge on any atom is -0.454 e. The Morgan fingerprint density at radius 3 is 2.69 bits per heavy atom. The van der Waals surface area contributed by atoms with Crippen LogP contribution in [0.4, 0.5) is 29.1 Å². The minimum absolute atomic E-state index is 0.0686. The number of carbonyl (C=O) groups excluding carboxylic acids is 1. The maximum atomic E-state index is 15.4. The zero-order chi connectivity index (χ0) is 31.9. The standard InChI is InChI=1S/C29H30F4N8O4/c30-18-8-22(44-14-45-28(43)15-2-3-15)19(31)7-17(18)20-6-16(10-41-13-39-23-26(34)37-12-38-27(23)41)21(9-36-20)40-5-1-4-29(35,11-40)24(42)25(32)33/h6-9,12-13,15,24-25,42H,1-5,10-11,14,35H2,(H2,34,37,38)/t24-,29-/m1/s1. The van der Waals surface area contributed by atoms with Gasteiger partial charge in [-0.25, -0.2) is 32.5 Å². The Morgan fingerprint density at radius 1 is 1.13 bits per heavy atom. The molecule has 2 atom stereocenters. The van der Waals surface area contributed by atoms with E-state index in [-0.39, 0.29) is 42.5 Å². The Bertz CT molecular complexity index is 1740. The Labute approximate surface area is 254 Å². The van der Waals surface area contributed by atoms with Crippen LogP contribution in [0.3, 0.4) is 0 Å². The van der Waals surface area contributed by atoms with Crippen molar-refractivity contribution in [3.63, 3.8) is 0 Å². The SMILES string of the molecule is Nc1ncnc2c1ncn2Cc1cc(-c2cc(F)c(OCOC(=O)C3CC3)cc2F)ncc1N1CCC[C@](N)([C@H](O)C(F)F)C1. The molecule has 0 unspecified atom stereocenters. The van der Waals surface area contributed by atoms with Crippen LogP contribution in [0.25, 0.3) is 22.4 Å². The van der Waals surface area contributed by atoms with Gasteiger partial charge in [-0.1, -0.05) is 0 Å². The van der Waals surface area contributed by atoms with E-state index in [1.807, 2.05) is 0 Å². The highest BCUT2D eigenvalue weighted by Crippen LogP contribution is 2.35. The van der Waals surface area contributed by atoms with E-state index in [0.29, 0.717) is 35.4 Å². The van der Waals surface area contributed by atoms with E-state index < -0.39 is 48.2 Å². The maximum absolute atomic E-state index is 15.4. The van der Waals surface area contributed by atoms with Gasteiger partial charge in [-0.15, -0.1) is 0 Å². The van der Waals surface area contributed by atoms with Crippen LogP contribution in [0.2, 0.25) is 0 Å². The molecule has 1 aliphatic heterocycles. The van der Waals surface area contributed by atoms with Crippen molar-refractivity contribution in [3.05, 3.63) is 54.2 Å². The van der Waals surface area contributed by atoms with Crippen molar-refractivity contribution >= 4 is 28.6 Å². The number of aliphatic hydroxyl groups is 1. The summed E-state index contributed by atoms with van der Waals surface area (Å²) in [5.74, 6) is -2.65. The van der Waals surface area contributed by atoms with Gasteiger partial charge in [0.1, 0.15) is 23.8 Å². The Balaban J connectivity index is 1.34. The van der Waals surface area contributed by atoms with Gasteiger partial charge in [0.2, 0.25) is 6.79 Å². The zero-order valence-electron chi connectivity index (χ0n) is 23.9. The number of anilines is 2. The van der Waals surface area contributed by atoms with Gasteiger partial charge in [0.15, 0.2) is 23.0 Å².